The number of thioether (sulfide) groups is 1. The van der Waals surface area contributed by atoms with Gasteiger partial charge in [-0.2, -0.15) is 11.8 Å². The first-order valence-electron chi connectivity index (χ1n) is 11.5. The molecule has 2 aromatic rings. The van der Waals surface area contributed by atoms with Crippen molar-refractivity contribution in [2.75, 3.05) is 11.5 Å². The minimum Gasteiger partial charge on any atom is -0.506 e. The van der Waals surface area contributed by atoms with Gasteiger partial charge in [0, 0.05) is 12.1 Å². The summed E-state index contributed by atoms with van der Waals surface area (Å²) in [4.78, 5) is 29.4. The number of ether oxygens (including phenoxy) is 1. The Morgan fingerprint density at radius 1 is 0.943 bits per heavy atom. The molecule has 1 aromatic heterocycles. The molecule has 1 aliphatic heterocycles. The Hall–Kier alpha value is -2.59. The van der Waals surface area contributed by atoms with Crippen LogP contribution in [0.4, 0.5) is 8.78 Å². The van der Waals surface area contributed by atoms with Crippen molar-refractivity contribution in [1.82, 2.24) is 15.6 Å². The molecule has 2 amide bonds. The number of phenols is 1. The molecule has 1 saturated carbocycles. The lowest BCUT2D eigenvalue weighted by atomic mass is 9.90. The lowest BCUT2D eigenvalue weighted by Crippen LogP contribution is -2.44. The summed E-state index contributed by atoms with van der Waals surface area (Å²) in [5.74, 6) is -0.807. The zero-order valence-electron chi connectivity index (χ0n) is 18.9. The van der Waals surface area contributed by atoms with Gasteiger partial charge in [0.05, 0.1) is 16.8 Å². The Morgan fingerprint density at radius 2 is 1.51 bits per heavy atom. The van der Waals surface area contributed by atoms with Gasteiger partial charge < -0.3 is 20.5 Å². The van der Waals surface area contributed by atoms with E-state index in [2.05, 4.69) is 15.6 Å². The van der Waals surface area contributed by atoms with Crippen LogP contribution < -0.4 is 15.4 Å². The molecular weight excluding hydrogens is 500 g/mol. The van der Waals surface area contributed by atoms with Crippen LogP contribution in [0.15, 0.2) is 24.4 Å². The Morgan fingerprint density at radius 3 is 2.14 bits per heavy atom. The maximum absolute atomic E-state index is 13.9. The Labute approximate surface area is 211 Å². The van der Waals surface area contributed by atoms with Crippen LogP contribution in [0.25, 0.3) is 0 Å². The molecule has 0 atom stereocenters. The standard InChI is InChI=1S/C24H26ClF2N3O4S/c25-20-11-13(26)9-18(21(20)31)22(32)29-15-1-3-16(4-2-15)30-23(33)19-10-14(27)12-28-24(19)34-17-5-7-35-8-6-17/h9-12,15-17,31H,1-8H2,(H,29,32)(H,30,33). The highest BCUT2D eigenvalue weighted by molar-refractivity contribution is 7.99. The third-order valence-electron chi connectivity index (χ3n) is 6.18. The summed E-state index contributed by atoms with van der Waals surface area (Å²) in [5, 5.41) is 15.4. The van der Waals surface area contributed by atoms with Gasteiger partial charge in [0.15, 0.2) is 0 Å². The summed E-state index contributed by atoms with van der Waals surface area (Å²) in [5.41, 5.74) is -0.162. The maximum Gasteiger partial charge on any atom is 0.257 e. The number of benzene rings is 1. The van der Waals surface area contributed by atoms with E-state index < -0.39 is 29.2 Å². The third-order valence-corrected chi connectivity index (χ3v) is 7.52. The average Bonchev–Trinajstić information content (AvgIpc) is 2.84. The summed E-state index contributed by atoms with van der Waals surface area (Å²) >= 11 is 7.60. The van der Waals surface area contributed by atoms with Crippen LogP contribution in [0.5, 0.6) is 11.6 Å². The normalized spacial score (nSPS) is 20.8. The van der Waals surface area contributed by atoms with Crippen molar-refractivity contribution in [3.8, 4) is 11.6 Å². The second kappa shape index (κ2) is 11.4. The van der Waals surface area contributed by atoms with E-state index in [-0.39, 0.29) is 40.2 Å². The molecule has 11 heteroatoms. The van der Waals surface area contributed by atoms with Gasteiger partial charge in [-0.15, -0.1) is 0 Å². The van der Waals surface area contributed by atoms with Crippen molar-refractivity contribution in [1.29, 1.82) is 0 Å². The molecule has 0 unspecified atom stereocenters. The van der Waals surface area contributed by atoms with Crippen LogP contribution in [0.2, 0.25) is 5.02 Å². The zero-order valence-corrected chi connectivity index (χ0v) is 20.4. The molecule has 2 heterocycles. The number of halogens is 3. The van der Waals surface area contributed by atoms with E-state index in [0.29, 0.717) is 25.7 Å². The minimum absolute atomic E-state index is 0.0489. The number of carbonyl (C=O) groups excluding carboxylic acids is 2. The van der Waals surface area contributed by atoms with E-state index in [4.69, 9.17) is 16.3 Å². The van der Waals surface area contributed by atoms with E-state index >= 15 is 0 Å². The van der Waals surface area contributed by atoms with Gasteiger partial charge in [-0.05, 0) is 68.2 Å². The highest BCUT2D eigenvalue weighted by Crippen LogP contribution is 2.29. The number of carbonyl (C=O) groups is 2. The number of amides is 2. The molecule has 0 spiro atoms. The molecule has 2 fully saturated rings. The molecule has 188 valence electrons. The zero-order chi connectivity index (χ0) is 24.9. The predicted molar refractivity (Wildman–Crippen MR) is 129 cm³/mol. The van der Waals surface area contributed by atoms with E-state index in [0.717, 1.165) is 48.7 Å². The van der Waals surface area contributed by atoms with Crippen molar-refractivity contribution in [3.05, 3.63) is 52.2 Å². The molecule has 1 aromatic carbocycles. The first kappa shape index (κ1) is 25.5. The van der Waals surface area contributed by atoms with Crippen LogP contribution in [0, 0.1) is 11.6 Å². The summed E-state index contributed by atoms with van der Waals surface area (Å²) in [7, 11) is 0. The molecule has 0 bridgehead atoms. The second-order valence-corrected chi connectivity index (χ2v) is 10.3. The summed E-state index contributed by atoms with van der Waals surface area (Å²) in [6, 6.07) is 2.62. The lowest BCUT2D eigenvalue weighted by Gasteiger charge is -2.30. The van der Waals surface area contributed by atoms with E-state index in [1.165, 1.54) is 0 Å². The topological polar surface area (TPSA) is 101 Å². The number of nitrogens with zero attached hydrogens (tertiary/aromatic N) is 1. The molecule has 2 aliphatic rings. The SMILES string of the molecule is O=C(NC1CCC(NC(=O)c2cc(F)cc(Cl)c2O)CC1)c1cc(F)cnc1OC1CCSCC1. The van der Waals surface area contributed by atoms with Crippen LogP contribution in [-0.4, -0.2) is 51.6 Å². The molecule has 7 nitrogen and oxygen atoms in total. The summed E-state index contributed by atoms with van der Waals surface area (Å²) in [6.07, 6.45) is 4.96. The van der Waals surface area contributed by atoms with Crippen molar-refractivity contribution < 1.29 is 28.2 Å². The van der Waals surface area contributed by atoms with Crippen molar-refractivity contribution in [3.63, 3.8) is 0 Å². The fourth-order valence-electron chi connectivity index (χ4n) is 4.28. The number of hydrogen-bond donors (Lipinski definition) is 3. The van der Waals surface area contributed by atoms with Crippen LogP contribution in [-0.2, 0) is 0 Å². The first-order chi connectivity index (χ1) is 16.8. The van der Waals surface area contributed by atoms with Gasteiger partial charge >= 0.3 is 0 Å². The Bertz CT molecular complexity index is 1090. The summed E-state index contributed by atoms with van der Waals surface area (Å²) in [6.45, 7) is 0. The molecule has 4 rings (SSSR count). The lowest BCUT2D eigenvalue weighted by molar-refractivity contribution is 0.0884. The average molecular weight is 526 g/mol. The minimum atomic E-state index is -0.720. The third kappa shape index (κ3) is 6.55. The van der Waals surface area contributed by atoms with E-state index in [1.54, 1.807) is 0 Å². The molecule has 1 saturated heterocycles. The van der Waals surface area contributed by atoms with E-state index in [1.807, 2.05) is 11.8 Å². The fraction of sp³-hybridized carbons (Fsp3) is 0.458. The molecule has 1 aliphatic carbocycles. The van der Waals surface area contributed by atoms with Crippen molar-refractivity contribution >= 4 is 35.2 Å². The van der Waals surface area contributed by atoms with Gasteiger partial charge in [0.1, 0.15) is 29.1 Å². The molecule has 0 radical (unpaired) electrons. The predicted octanol–water partition coefficient (Wildman–Crippen LogP) is 4.46. The number of nitrogens with one attached hydrogen (secondary N) is 2. The Balaban J connectivity index is 1.32. The van der Waals surface area contributed by atoms with Gasteiger partial charge in [-0.3, -0.25) is 9.59 Å². The van der Waals surface area contributed by atoms with Gasteiger partial charge in [0.25, 0.3) is 11.8 Å². The van der Waals surface area contributed by atoms with Gasteiger partial charge in [0.2, 0.25) is 5.88 Å². The number of pyridine rings is 1. The van der Waals surface area contributed by atoms with Gasteiger partial charge in [-0.25, -0.2) is 13.8 Å². The maximum atomic E-state index is 13.9. The van der Waals surface area contributed by atoms with Crippen molar-refractivity contribution in [2.45, 2.75) is 56.7 Å². The molecule has 3 N–H and O–H groups in total. The van der Waals surface area contributed by atoms with Crippen LogP contribution in [0.1, 0.15) is 59.2 Å². The Kier molecular flexibility index (Phi) is 8.33. The number of rotatable bonds is 6. The number of hydrogen-bond acceptors (Lipinski definition) is 6. The van der Waals surface area contributed by atoms with Crippen molar-refractivity contribution in [2.24, 2.45) is 0 Å². The quantitative estimate of drug-likeness (QED) is 0.515. The largest absolute Gasteiger partial charge is 0.506 e. The first-order valence-corrected chi connectivity index (χ1v) is 13.0. The highest BCUT2D eigenvalue weighted by Gasteiger charge is 2.27. The van der Waals surface area contributed by atoms with Crippen LogP contribution >= 0.6 is 23.4 Å². The molecular formula is C24H26ClF2N3O4S. The molecule has 35 heavy (non-hydrogen) atoms. The van der Waals surface area contributed by atoms with Crippen LogP contribution in [0.3, 0.4) is 0 Å². The monoisotopic (exact) mass is 525 g/mol. The highest BCUT2D eigenvalue weighted by atomic mass is 35.5. The van der Waals surface area contributed by atoms with Gasteiger partial charge in [-0.1, -0.05) is 11.6 Å². The second-order valence-electron chi connectivity index (χ2n) is 8.72. The number of aromatic hydroxyl groups is 1. The van der Waals surface area contributed by atoms with E-state index in [9.17, 15) is 23.5 Å². The summed E-state index contributed by atoms with van der Waals surface area (Å²) < 4.78 is 33.4. The number of aromatic nitrogens is 1. The fourth-order valence-corrected chi connectivity index (χ4v) is 5.55. The smallest absolute Gasteiger partial charge is 0.257 e. The number of phenolic OH excluding ortho intramolecular Hbond substituents is 1.